The lowest BCUT2D eigenvalue weighted by atomic mass is 10.1. The molecule has 0 spiro atoms. The minimum atomic E-state index is -1.01. The van der Waals surface area contributed by atoms with E-state index in [2.05, 4.69) is 0 Å². The zero-order valence-electron chi connectivity index (χ0n) is 10.1. The number of carbonyl (C=O) groups excluding carboxylic acids is 1. The summed E-state index contributed by atoms with van der Waals surface area (Å²) >= 11 is 0. The smallest absolute Gasteiger partial charge is 0.323 e. The van der Waals surface area contributed by atoms with E-state index < -0.39 is 5.97 Å². The Morgan fingerprint density at radius 2 is 1.82 bits per heavy atom. The largest absolute Gasteiger partial charge is 0.480 e. The number of hydrogen-bond acceptors (Lipinski definition) is 2. The van der Waals surface area contributed by atoms with E-state index in [0.29, 0.717) is 12.1 Å². The van der Waals surface area contributed by atoms with Crippen molar-refractivity contribution >= 4 is 17.6 Å². The van der Waals surface area contributed by atoms with Gasteiger partial charge in [-0.3, -0.25) is 9.59 Å². The van der Waals surface area contributed by atoms with Crippen molar-refractivity contribution < 1.29 is 14.7 Å². The first-order valence-electron chi connectivity index (χ1n) is 5.58. The van der Waals surface area contributed by atoms with E-state index in [1.165, 1.54) is 4.90 Å². The quantitative estimate of drug-likeness (QED) is 0.850. The molecule has 0 bridgehead atoms. The van der Waals surface area contributed by atoms with Gasteiger partial charge in [-0.2, -0.15) is 0 Å². The average molecular weight is 235 g/mol. The molecule has 92 valence electrons. The molecule has 0 aromatic heterocycles. The fourth-order valence-electron chi connectivity index (χ4n) is 1.53. The number of nitrogens with zero attached hydrogens (tertiary/aromatic N) is 1. The molecule has 0 aliphatic carbocycles. The number of carboxylic acids is 1. The molecule has 0 saturated heterocycles. The van der Waals surface area contributed by atoms with Crippen molar-refractivity contribution in [2.75, 3.05) is 11.4 Å². The molecular formula is C13H17NO3. The number of hydrogen-bond donors (Lipinski definition) is 1. The molecule has 0 aliphatic rings. The predicted molar refractivity (Wildman–Crippen MR) is 65.9 cm³/mol. The van der Waals surface area contributed by atoms with Crippen LogP contribution in [0.3, 0.4) is 0 Å². The van der Waals surface area contributed by atoms with Crippen LogP contribution in [0.1, 0.15) is 20.3 Å². The lowest BCUT2D eigenvalue weighted by Gasteiger charge is -2.21. The van der Waals surface area contributed by atoms with Gasteiger partial charge in [-0.15, -0.1) is 0 Å². The molecule has 1 amide bonds. The third kappa shape index (κ3) is 4.26. The Morgan fingerprint density at radius 3 is 2.29 bits per heavy atom. The fraction of sp³-hybridized carbons (Fsp3) is 0.385. The molecule has 4 heteroatoms. The number of carbonyl (C=O) groups is 2. The molecule has 1 aromatic rings. The maximum absolute atomic E-state index is 12.0. The highest BCUT2D eigenvalue weighted by atomic mass is 16.4. The molecule has 0 heterocycles. The van der Waals surface area contributed by atoms with E-state index in [1.807, 2.05) is 19.9 Å². The van der Waals surface area contributed by atoms with E-state index in [-0.39, 0.29) is 18.4 Å². The molecule has 0 saturated carbocycles. The van der Waals surface area contributed by atoms with Gasteiger partial charge in [-0.1, -0.05) is 32.0 Å². The summed E-state index contributed by atoms with van der Waals surface area (Å²) in [7, 11) is 0. The molecule has 0 radical (unpaired) electrons. The standard InChI is InChI=1S/C13H17NO3/c1-10(2)8-12(15)14(9-13(16)17)11-6-4-3-5-7-11/h3-7,10H,8-9H2,1-2H3,(H,16,17). The Balaban J connectivity index is 2.88. The summed E-state index contributed by atoms with van der Waals surface area (Å²) in [5.41, 5.74) is 0.626. The zero-order chi connectivity index (χ0) is 12.8. The van der Waals surface area contributed by atoms with Crippen molar-refractivity contribution in [1.82, 2.24) is 0 Å². The fourth-order valence-corrected chi connectivity index (χ4v) is 1.53. The van der Waals surface area contributed by atoms with Crippen LogP contribution in [-0.2, 0) is 9.59 Å². The summed E-state index contributed by atoms with van der Waals surface area (Å²) in [6, 6.07) is 8.87. The van der Waals surface area contributed by atoms with Gasteiger partial charge in [0.25, 0.3) is 0 Å². The average Bonchev–Trinajstić information content (AvgIpc) is 2.25. The highest BCUT2D eigenvalue weighted by Crippen LogP contribution is 2.16. The SMILES string of the molecule is CC(C)CC(=O)N(CC(=O)O)c1ccccc1. The maximum Gasteiger partial charge on any atom is 0.323 e. The van der Waals surface area contributed by atoms with Crippen molar-refractivity contribution in [3.63, 3.8) is 0 Å². The van der Waals surface area contributed by atoms with Crippen molar-refractivity contribution in [2.24, 2.45) is 5.92 Å². The lowest BCUT2D eigenvalue weighted by molar-refractivity contribution is -0.136. The van der Waals surface area contributed by atoms with Crippen LogP contribution < -0.4 is 4.90 Å². The number of para-hydroxylation sites is 1. The van der Waals surface area contributed by atoms with Crippen LogP contribution in [-0.4, -0.2) is 23.5 Å². The number of aliphatic carboxylic acids is 1. The van der Waals surface area contributed by atoms with Crippen LogP contribution in [0.15, 0.2) is 30.3 Å². The molecule has 1 rings (SSSR count). The molecule has 1 aromatic carbocycles. The number of rotatable bonds is 5. The van der Waals surface area contributed by atoms with Gasteiger partial charge in [0.1, 0.15) is 6.54 Å². The topological polar surface area (TPSA) is 57.6 Å². The van der Waals surface area contributed by atoms with Crippen molar-refractivity contribution in [1.29, 1.82) is 0 Å². The second kappa shape index (κ2) is 6.03. The first-order chi connectivity index (χ1) is 8.00. The van der Waals surface area contributed by atoms with Gasteiger partial charge in [-0.25, -0.2) is 0 Å². The third-order valence-corrected chi connectivity index (χ3v) is 2.25. The summed E-state index contributed by atoms with van der Waals surface area (Å²) in [5, 5.41) is 8.83. The van der Waals surface area contributed by atoms with Crippen molar-refractivity contribution in [2.45, 2.75) is 20.3 Å². The molecule has 4 nitrogen and oxygen atoms in total. The first kappa shape index (κ1) is 13.2. The van der Waals surface area contributed by atoms with Crippen LogP contribution in [0, 0.1) is 5.92 Å². The zero-order valence-corrected chi connectivity index (χ0v) is 10.1. The van der Waals surface area contributed by atoms with Gasteiger partial charge in [0.2, 0.25) is 5.91 Å². The Labute approximate surface area is 101 Å². The highest BCUT2D eigenvalue weighted by molar-refractivity contribution is 5.97. The molecule has 17 heavy (non-hydrogen) atoms. The third-order valence-electron chi connectivity index (χ3n) is 2.25. The Kier molecular flexibility index (Phi) is 4.69. The van der Waals surface area contributed by atoms with Crippen molar-refractivity contribution in [3.8, 4) is 0 Å². The minimum Gasteiger partial charge on any atom is -0.480 e. The molecule has 0 unspecified atom stereocenters. The van der Waals surface area contributed by atoms with Gasteiger partial charge < -0.3 is 10.0 Å². The summed E-state index contributed by atoms with van der Waals surface area (Å²) < 4.78 is 0. The monoisotopic (exact) mass is 235 g/mol. The Hall–Kier alpha value is -1.84. The summed E-state index contributed by atoms with van der Waals surface area (Å²) in [6.07, 6.45) is 0.349. The van der Waals surface area contributed by atoms with E-state index in [4.69, 9.17) is 5.11 Å². The minimum absolute atomic E-state index is 0.159. The van der Waals surface area contributed by atoms with Crippen LogP contribution >= 0.6 is 0 Å². The van der Waals surface area contributed by atoms with Crippen molar-refractivity contribution in [3.05, 3.63) is 30.3 Å². The van der Waals surface area contributed by atoms with Crippen LogP contribution in [0.5, 0.6) is 0 Å². The van der Waals surface area contributed by atoms with E-state index in [0.717, 1.165) is 0 Å². The number of anilines is 1. The van der Waals surface area contributed by atoms with Gasteiger partial charge in [0, 0.05) is 12.1 Å². The van der Waals surface area contributed by atoms with Crippen LogP contribution in [0.2, 0.25) is 0 Å². The number of benzene rings is 1. The summed E-state index contributed by atoms with van der Waals surface area (Å²) in [4.78, 5) is 24.0. The second-order valence-electron chi connectivity index (χ2n) is 4.31. The summed E-state index contributed by atoms with van der Waals surface area (Å²) in [6.45, 7) is 3.57. The van der Waals surface area contributed by atoms with E-state index >= 15 is 0 Å². The first-order valence-corrected chi connectivity index (χ1v) is 5.58. The maximum atomic E-state index is 12.0. The number of amides is 1. The molecular weight excluding hydrogens is 218 g/mol. The molecule has 0 aliphatic heterocycles. The van der Waals surface area contributed by atoms with Gasteiger partial charge in [0.05, 0.1) is 0 Å². The molecule has 1 N–H and O–H groups in total. The Morgan fingerprint density at radius 1 is 1.24 bits per heavy atom. The highest BCUT2D eigenvalue weighted by Gasteiger charge is 2.19. The molecule has 0 atom stereocenters. The van der Waals surface area contributed by atoms with E-state index in [9.17, 15) is 9.59 Å². The van der Waals surface area contributed by atoms with E-state index in [1.54, 1.807) is 24.3 Å². The van der Waals surface area contributed by atoms with Gasteiger partial charge in [-0.05, 0) is 18.1 Å². The summed E-state index contributed by atoms with van der Waals surface area (Å²) in [5.74, 6) is -0.956. The normalized spacial score (nSPS) is 10.3. The second-order valence-corrected chi connectivity index (χ2v) is 4.31. The number of carboxylic acid groups (broad SMARTS) is 1. The van der Waals surface area contributed by atoms with Gasteiger partial charge >= 0.3 is 5.97 Å². The Bertz CT molecular complexity index is 387. The lowest BCUT2D eigenvalue weighted by Crippen LogP contribution is -2.36. The van der Waals surface area contributed by atoms with Crippen LogP contribution in [0.4, 0.5) is 5.69 Å². The predicted octanol–water partition coefficient (Wildman–Crippen LogP) is 2.15. The molecule has 0 fully saturated rings. The van der Waals surface area contributed by atoms with Gasteiger partial charge in [0.15, 0.2) is 0 Å². The van der Waals surface area contributed by atoms with Crippen LogP contribution in [0.25, 0.3) is 0 Å².